The Balaban J connectivity index is 2.61. The van der Waals surface area contributed by atoms with Crippen LogP contribution in [0.1, 0.15) is 43.1 Å². The molecule has 0 aromatic heterocycles. The summed E-state index contributed by atoms with van der Waals surface area (Å²) in [5.74, 6) is 0.866. The zero-order valence-corrected chi connectivity index (χ0v) is 9.46. The van der Waals surface area contributed by atoms with E-state index in [1.807, 2.05) is 12.1 Å². The lowest BCUT2D eigenvalue weighted by Gasteiger charge is -2.33. The summed E-state index contributed by atoms with van der Waals surface area (Å²) < 4.78 is 5.63. The molecule has 2 nitrogen and oxygen atoms in total. The molecule has 80 valence electrons. The molecule has 0 bridgehead atoms. The molecule has 0 unspecified atom stereocenters. The van der Waals surface area contributed by atoms with Crippen molar-refractivity contribution in [3.8, 4) is 5.75 Å². The van der Waals surface area contributed by atoms with Gasteiger partial charge in [-0.1, -0.05) is 26.0 Å². The molecule has 1 aromatic carbocycles. The number of benzene rings is 1. The van der Waals surface area contributed by atoms with Crippen molar-refractivity contribution in [2.75, 3.05) is 6.61 Å². The van der Waals surface area contributed by atoms with E-state index in [0.717, 1.165) is 17.7 Å². The molecular formula is C13H16O2. The minimum Gasteiger partial charge on any atom is -0.492 e. The second kappa shape index (κ2) is 3.37. The number of carbonyl (C=O) groups excluding carboxylic acids is 1. The molecule has 0 saturated heterocycles. The smallest absolute Gasteiger partial charge is 0.163 e. The highest BCUT2D eigenvalue weighted by molar-refractivity contribution is 5.97. The Bertz CT molecular complexity index is 405. The lowest BCUT2D eigenvalue weighted by atomic mass is 9.79. The number of ketones is 1. The van der Waals surface area contributed by atoms with Gasteiger partial charge < -0.3 is 4.74 Å². The zero-order valence-electron chi connectivity index (χ0n) is 9.46. The predicted molar refractivity (Wildman–Crippen MR) is 59.6 cm³/mol. The van der Waals surface area contributed by atoms with Crippen molar-refractivity contribution in [3.63, 3.8) is 0 Å². The quantitative estimate of drug-likeness (QED) is 0.657. The van der Waals surface area contributed by atoms with Gasteiger partial charge in [0.15, 0.2) is 5.78 Å². The van der Waals surface area contributed by atoms with Crippen molar-refractivity contribution in [3.05, 3.63) is 29.3 Å². The minimum absolute atomic E-state index is 0.0737. The third kappa shape index (κ3) is 1.65. The lowest BCUT2D eigenvalue weighted by Crippen LogP contribution is -2.27. The van der Waals surface area contributed by atoms with Crippen LogP contribution in [0.15, 0.2) is 18.2 Å². The summed E-state index contributed by atoms with van der Waals surface area (Å²) in [6, 6.07) is 5.83. The first-order chi connectivity index (χ1) is 7.02. The van der Waals surface area contributed by atoms with Gasteiger partial charge in [0.2, 0.25) is 0 Å². The van der Waals surface area contributed by atoms with E-state index in [1.165, 1.54) is 0 Å². The summed E-state index contributed by atoms with van der Waals surface area (Å²) in [6.45, 7) is 6.67. The molecule has 1 heterocycles. The average molecular weight is 204 g/mol. The molecule has 0 saturated carbocycles. The number of hydrogen-bond acceptors (Lipinski definition) is 2. The van der Waals surface area contributed by atoms with Crippen LogP contribution < -0.4 is 4.74 Å². The van der Waals surface area contributed by atoms with Gasteiger partial charge in [-0.05, 0) is 24.8 Å². The Labute approximate surface area is 90.3 Å². The first-order valence-corrected chi connectivity index (χ1v) is 5.29. The van der Waals surface area contributed by atoms with Gasteiger partial charge in [0, 0.05) is 5.56 Å². The van der Waals surface area contributed by atoms with Gasteiger partial charge in [-0.25, -0.2) is 0 Å². The normalized spacial score (nSPS) is 17.8. The topological polar surface area (TPSA) is 26.3 Å². The van der Waals surface area contributed by atoms with Crippen LogP contribution in [0.3, 0.4) is 0 Å². The molecule has 2 heteroatoms. The molecule has 0 N–H and O–H groups in total. The number of para-hydroxylation sites is 1. The summed E-state index contributed by atoms with van der Waals surface area (Å²) in [5, 5.41) is 0. The molecule has 0 atom stereocenters. The second-order valence-electron chi connectivity index (χ2n) is 4.72. The number of fused-ring (bicyclic) bond motifs is 1. The number of rotatable bonds is 1. The van der Waals surface area contributed by atoms with Crippen LogP contribution in [0.4, 0.5) is 0 Å². The number of carbonyl (C=O) groups is 1. The molecule has 1 aromatic rings. The molecule has 0 fully saturated rings. The molecule has 2 rings (SSSR count). The minimum atomic E-state index is 0.0737. The van der Waals surface area contributed by atoms with Crippen molar-refractivity contribution < 1.29 is 9.53 Å². The van der Waals surface area contributed by atoms with Crippen LogP contribution in [0.5, 0.6) is 5.75 Å². The van der Waals surface area contributed by atoms with E-state index in [4.69, 9.17) is 4.74 Å². The van der Waals surface area contributed by atoms with Crippen molar-refractivity contribution in [1.29, 1.82) is 0 Å². The molecule has 1 aliphatic heterocycles. The lowest BCUT2D eigenvalue weighted by molar-refractivity contribution is 0.101. The van der Waals surface area contributed by atoms with Gasteiger partial charge >= 0.3 is 0 Å². The molecule has 15 heavy (non-hydrogen) atoms. The van der Waals surface area contributed by atoms with Gasteiger partial charge in [0.25, 0.3) is 0 Å². The fourth-order valence-corrected chi connectivity index (χ4v) is 2.05. The largest absolute Gasteiger partial charge is 0.492 e. The van der Waals surface area contributed by atoms with E-state index >= 15 is 0 Å². The maximum atomic E-state index is 11.4. The Morgan fingerprint density at radius 2 is 2.13 bits per heavy atom. The van der Waals surface area contributed by atoms with Gasteiger partial charge in [-0.2, -0.15) is 0 Å². The molecule has 0 amide bonds. The van der Waals surface area contributed by atoms with Gasteiger partial charge in [0.1, 0.15) is 5.75 Å². The highest BCUT2D eigenvalue weighted by Gasteiger charge is 2.30. The van der Waals surface area contributed by atoms with Crippen molar-refractivity contribution in [2.45, 2.75) is 32.6 Å². The van der Waals surface area contributed by atoms with E-state index in [1.54, 1.807) is 6.92 Å². The van der Waals surface area contributed by atoms with E-state index in [0.29, 0.717) is 12.2 Å². The average Bonchev–Trinajstić information content (AvgIpc) is 2.16. The molecule has 1 aliphatic rings. The van der Waals surface area contributed by atoms with Crippen LogP contribution in [0, 0.1) is 0 Å². The Morgan fingerprint density at radius 3 is 2.80 bits per heavy atom. The van der Waals surface area contributed by atoms with Crippen LogP contribution in [-0.4, -0.2) is 12.4 Å². The summed E-state index contributed by atoms with van der Waals surface area (Å²) in [4.78, 5) is 11.4. The van der Waals surface area contributed by atoms with E-state index < -0.39 is 0 Å². The SMILES string of the molecule is CC(=O)c1cccc2c1OCCC2(C)C. The predicted octanol–water partition coefficient (Wildman–Crippen LogP) is 2.95. The fraction of sp³-hybridized carbons (Fsp3) is 0.462. The Morgan fingerprint density at radius 1 is 1.40 bits per heavy atom. The second-order valence-corrected chi connectivity index (χ2v) is 4.72. The van der Waals surface area contributed by atoms with Gasteiger partial charge in [0.05, 0.1) is 12.2 Å². The molecular weight excluding hydrogens is 188 g/mol. The monoisotopic (exact) mass is 204 g/mol. The maximum Gasteiger partial charge on any atom is 0.163 e. The van der Waals surface area contributed by atoms with Gasteiger partial charge in [-0.3, -0.25) is 4.79 Å². The summed E-state index contributed by atoms with van der Waals surface area (Å²) in [6.07, 6.45) is 1.00. The number of hydrogen-bond donors (Lipinski definition) is 0. The highest BCUT2D eigenvalue weighted by atomic mass is 16.5. The molecule has 0 radical (unpaired) electrons. The highest BCUT2D eigenvalue weighted by Crippen LogP contribution is 2.40. The molecule has 0 spiro atoms. The Hall–Kier alpha value is -1.31. The third-order valence-electron chi connectivity index (χ3n) is 3.10. The molecule has 0 aliphatic carbocycles. The van der Waals surface area contributed by atoms with Crippen LogP contribution >= 0.6 is 0 Å². The Kier molecular flexibility index (Phi) is 2.29. The van der Waals surface area contributed by atoms with E-state index in [-0.39, 0.29) is 11.2 Å². The third-order valence-corrected chi connectivity index (χ3v) is 3.10. The number of ether oxygens (including phenoxy) is 1. The van der Waals surface area contributed by atoms with Gasteiger partial charge in [-0.15, -0.1) is 0 Å². The summed E-state index contributed by atoms with van der Waals surface area (Å²) in [5.41, 5.74) is 1.97. The standard InChI is InChI=1S/C13H16O2/c1-9(14)10-5-4-6-11-12(10)15-8-7-13(11,2)3/h4-6H,7-8H2,1-3H3. The van der Waals surface area contributed by atoms with E-state index in [9.17, 15) is 4.79 Å². The zero-order chi connectivity index (χ0) is 11.1. The first kappa shape index (κ1) is 10.2. The van der Waals surface area contributed by atoms with Crippen LogP contribution in [0.25, 0.3) is 0 Å². The maximum absolute atomic E-state index is 11.4. The number of Topliss-reactive ketones (excluding diaryl/α,β-unsaturated/α-hetero) is 1. The van der Waals surface area contributed by atoms with Crippen molar-refractivity contribution >= 4 is 5.78 Å². The first-order valence-electron chi connectivity index (χ1n) is 5.29. The fourth-order valence-electron chi connectivity index (χ4n) is 2.05. The van der Waals surface area contributed by atoms with Crippen LogP contribution in [-0.2, 0) is 5.41 Å². The van der Waals surface area contributed by atoms with Crippen molar-refractivity contribution in [2.24, 2.45) is 0 Å². The van der Waals surface area contributed by atoms with Crippen LogP contribution in [0.2, 0.25) is 0 Å². The summed E-state index contributed by atoms with van der Waals surface area (Å²) >= 11 is 0. The summed E-state index contributed by atoms with van der Waals surface area (Å²) in [7, 11) is 0. The van der Waals surface area contributed by atoms with Crippen molar-refractivity contribution in [1.82, 2.24) is 0 Å². The van der Waals surface area contributed by atoms with E-state index in [2.05, 4.69) is 19.9 Å².